The van der Waals surface area contributed by atoms with Crippen LogP contribution >= 0.6 is 0 Å². The van der Waals surface area contributed by atoms with E-state index in [1.807, 2.05) is 36.0 Å². The van der Waals surface area contributed by atoms with Crippen LogP contribution in [-0.4, -0.2) is 23.4 Å². The molecule has 2 N–H and O–H groups in total. The predicted octanol–water partition coefficient (Wildman–Crippen LogP) is 3.80. The van der Waals surface area contributed by atoms with Crippen LogP contribution in [0.4, 0.5) is 0 Å². The van der Waals surface area contributed by atoms with Gasteiger partial charge in [0.1, 0.15) is 5.75 Å². The third-order valence-corrected chi connectivity index (χ3v) is 4.70. The monoisotopic (exact) mass is 335 g/mol. The average Bonchev–Trinajstić information content (AvgIpc) is 2.99. The Morgan fingerprint density at radius 3 is 2.40 bits per heavy atom. The summed E-state index contributed by atoms with van der Waals surface area (Å²) in [5.41, 5.74) is 13.1. The maximum absolute atomic E-state index is 6.14. The van der Waals surface area contributed by atoms with E-state index in [1.54, 1.807) is 7.11 Å². The standard InChI is InChI=1S/C21H25N3O/c1-14-5-10-18(15(2)11-14)19(13-22)21-12-20(23-24(21)3)16-6-8-17(25-4)9-7-16/h5-12,19H,13,22H2,1-4H3. The summed E-state index contributed by atoms with van der Waals surface area (Å²) in [7, 11) is 3.65. The first-order valence-electron chi connectivity index (χ1n) is 8.49. The highest BCUT2D eigenvalue weighted by molar-refractivity contribution is 5.61. The second kappa shape index (κ2) is 7.11. The summed E-state index contributed by atoms with van der Waals surface area (Å²) >= 11 is 0. The van der Waals surface area contributed by atoms with Crippen LogP contribution in [0.15, 0.2) is 48.5 Å². The molecule has 4 heteroatoms. The third kappa shape index (κ3) is 3.44. The first kappa shape index (κ1) is 17.2. The number of nitrogens with zero attached hydrogens (tertiary/aromatic N) is 2. The number of hydrogen-bond donors (Lipinski definition) is 1. The molecule has 1 aromatic heterocycles. The van der Waals surface area contributed by atoms with Crippen LogP contribution in [0.1, 0.15) is 28.3 Å². The average molecular weight is 335 g/mol. The van der Waals surface area contributed by atoms with Gasteiger partial charge in [0, 0.05) is 30.8 Å². The van der Waals surface area contributed by atoms with E-state index >= 15 is 0 Å². The Kier molecular flexibility index (Phi) is 4.91. The zero-order valence-corrected chi connectivity index (χ0v) is 15.3. The Morgan fingerprint density at radius 1 is 1.08 bits per heavy atom. The number of nitrogens with two attached hydrogens (primary N) is 1. The number of methoxy groups -OCH3 is 1. The fourth-order valence-electron chi connectivity index (χ4n) is 3.33. The van der Waals surface area contributed by atoms with Crippen molar-refractivity contribution >= 4 is 0 Å². The van der Waals surface area contributed by atoms with Crippen LogP contribution in [0.3, 0.4) is 0 Å². The lowest BCUT2D eigenvalue weighted by Gasteiger charge is -2.18. The van der Waals surface area contributed by atoms with Gasteiger partial charge in [0.05, 0.1) is 12.8 Å². The van der Waals surface area contributed by atoms with E-state index in [1.165, 1.54) is 16.7 Å². The largest absolute Gasteiger partial charge is 0.497 e. The molecule has 0 saturated heterocycles. The molecule has 2 aromatic carbocycles. The predicted molar refractivity (Wildman–Crippen MR) is 102 cm³/mol. The van der Waals surface area contributed by atoms with Gasteiger partial charge in [0.15, 0.2) is 0 Å². The van der Waals surface area contributed by atoms with Gasteiger partial charge in [-0.3, -0.25) is 4.68 Å². The van der Waals surface area contributed by atoms with Crippen molar-refractivity contribution in [2.75, 3.05) is 13.7 Å². The zero-order chi connectivity index (χ0) is 18.0. The van der Waals surface area contributed by atoms with Gasteiger partial charge in [-0.1, -0.05) is 23.8 Å². The van der Waals surface area contributed by atoms with Gasteiger partial charge in [-0.05, 0) is 55.3 Å². The first-order chi connectivity index (χ1) is 12.0. The van der Waals surface area contributed by atoms with Gasteiger partial charge in [-0.2, -0.15) is 5.10 Å². The van der Waals surface area contributed by atoms with Crippen molar-refractivity contribution in [1.82, 2.24) is 9.78 Å². The quantitative estimate of drug-likeness (QED) is 0.771. The van der Waals surface area contributed by atoms with Gasteiger partial charge in [-0.25, -0.2) is 0 Å². The molecule has 25 heavy (non-hydrogen) atoms. The SMILES string of the molecule is COc1ccc(-c2cc(C(CN)c3ccc(C)cc3C)n(C)n2)cc1. The minimum absolute atomic E-state index is 0.130. The minimum Gasteiger partial charge on any atom is -0.497 e. The van der Waals surface area contributed by atoms with Crippen LogP contribution in [-0.2, 0) is 7.05 Å². The maximum Gasteiger partial charge on any atom is 0.118 e. The number of aryl methyl sites for hydroxylation is 3. The van der Waals surface area contributed by atoms with Crippen molar-refractivity contribution in [3.05, 3.63) is 70.9 Å². The summed E-state index contributed by atoms with van der Waals surface area (Å²) < 4.78 is 7.17. The molecule has 0 radical (unpaired) electrons. The summed E-state index contributed by atoms with van der Waals surface area (Å²) in [4.78, 5) is 0. The van der Waals surface area contributed by atoms with Crippen LogP contribution in [0.5, 0.6) is 5.75 Å². The van der Waals surface area contributed by atoms with E-state index in [2.05, 4.69) is 38.1 Å². The zero-order valence-electron chi connectivity index (χ0n) is 15.3. The summed E-state index contributed by atoms with van der Waals surface area (Å²) in [6.07, 6.45) is 0. The lowest BCUT2D eigenvalue weighted by Crippen LogP contribution is -2.18. The smallest absolute Gasteiger partial charge is 0.118 e. The highest BCUT2D eigenvalue weighted by Crippen LogP contribution is 2.30. The second-order valence-electron chi connectivity index (χ2n) is 6.45. The summed E-state index contributed by atoms with van der Waals surface area (Å²) in [6.45, 7) is 4.80. The fraction of sp³-hybridized carbons (Fsp3) is 0.286. The molecule has 0 fully saturated rings. The Morgan fingerprint density at radius 2 is 1.80 bits per heavy atom. The summed E-state index contributed by atoms with van der Waals surface area (Å²) in [5, 5.41) is 4.70. The molecule has 4 nitrogen and oxygen atoms in total. The Bertz CT molecular complexity index is 865. The minimum atomic E-state index is 0.130. The molecule has 130 valence electrons. The Hall–Kier alpha value is -2.59. The molecule has 0 aliphatic heterocycles. The highest BCUT2D eigenvalue weighted by atomic mass is 16.5. The molecule has 0 amide bonds. The number of ether oxygens (including phenoxy) is 1. The van der Waals surface area contributed by atoms with Gasteiger partial charge < -0.3 is 10.5 Å². The van der Waals surface area contributed by atoms with Crippen molar-refractivity contribution in [3.8, 4) is 17.0 Å². The number of rotatable bonds is 5. The van der Waals surface area contributed by atoms with Crippen molar-refractivity contribution < 1.29 is 4.74 Å². The van der Waals surface area contributed by atoms with Gasteiger partial charge >= 0.3 is 0 Å². The molecule has 1 heterocycles. The molecule has 3 rings (SSSR count). The molecule has 0 aliphatic carbocycles. The summed E-state index contributed by atoms with van der Waals surface area (Å²) in [6, 6.07) is 16.6. The molecule has 0 spiro atoms. The first-order valence-corrected chi connectivity index (χ1v) is 8.49. The topological polar surface area (TPSA) is 53.1 Å². The lowest BCUT2D eigenvalue weighted by molar-refractivity contribution is 0.415. The van der Waals surface area contributed by atoms with Crippen LogP contribution in [0.25, 0.3) is 11.3 Å². The van der Waals surface area contributed by atoms with Crippen molar-refractivity contribution in [2.24, 2.45) is 12.8 Å². The number of aromatic nitrogens is 2. The third-order valence-electron chi connectivity index (χ3n) is 4.70. The van der Waals surface area contributed by atoms with Gasteiger partial charge in [-0.15, -0.1) is 0 Å². The van der Waals surface area contributed by atoms with Crippen molar-refractivity contribution in [2.45, 2.75) is 19.8 Å². The molecule has 0 saturated carbocycles. The number of hydrogen-bond acceptors (Lipinski definition) is 3. The molecule has 1 atom stereocenters. The molecular weight excluding hydrogens is 310 g/mol. The van der Waals surface area contributed by atoms with E-state index in [9.17, 15) is 0 Å². The van der Waals surface area contributed by atoms with Crippen LogP contribution in [0.2, 0.25) is 0 Å². The molecule has 1 unspecified atom stereocenters. The highest BCUT2D eigenvalue weighted by Gasteiger charge is 2.20. The Labute approximate surface area is 149 Å². The van der Waals surface area contributed by atoms with Crippen LogP contribution in [0, 0.1) is 13.8 Å². The molecule has 0 bridgehead atoms. The van der Waals surface area contributed by atoms with E-state index < -0.39 is 0 Å². The van der Waals surface area contributed by atoms with E-state index in [4.69, 9.17) is 15.6 Å². The molecule has 0 aliphatic rings. The molecular formula is C21H25N3O. The van der Waals surface area contributed by atoms with Crippen LogP contribution < -0.4 is 10.5 Å². The maximum atomic E-state index is 6.14. The fourth-order valence-corrected chi connectivity index (χ4v) is 3.33. The van der Waals surface area contributed by atoms with Gasteiger partial charge in [0.2, 0.25) is 0 Å². The number of benzene rings is 2. The van der Waals surface area contributed by atoms with E-state index in [0.717, 1.165) is 22.7 Å². The van der Waals surface area contributed by atoms with Crippen molar-refractivity contribution in [3.63, 3.8) is 0 Å². The Balaban J connectivity index is 1.99. The normalized spacial score (nSPS) is 12.2. The summed E-state index contributed by atoms with van der Waals surface area (Å²) in [5.74, 6) is 0.972. The molecule has 3 aromatic rings. The van der Waals surface area contributed by atoms with E-state index in [-0.39, 0.29) is 5.92 Å². The lowest BCUT2D eigenvalue weighted by atomic mass is 9.90. The second-order valence-corrected chi connectivity index (χ2v) is 6.45. The van der Waals surface area contributed by atoms with Crippen molar-refractivity contribution in [1.29, 1.82) is 0 Å². The van der Waals surface area contributed by atoms with Gasteiger partial charge in [0.25, 0.3) is 0 Å². The van der Waals surface area contributed by atoms with E-state index in [0.29, 0.717) is 6.54 Å².